The maximum Gasteiger partial charge on any atom is 0.419 e. The van der Waals surface area contributed by atoms with Gasteiger partial charge in [-0.15, -0.1) is 0 Å². The van der Waals surface area contributed by atoms with Crippen LogP contribution in [0.25, 0.3) is 5.69 Å². The number of benzene rings is 1. The fraction of sp³-hybridized carbons (Fsp3) is 0.250. The van der Waals surface area contributed by atoms with Crippen molar-refractivity contribution in [1.82, 2.24) is 9.78 Å². The highest BCUT2D eigenvalue weighted by Gasteiger charge is 2.32. The van der Waals surface area contributed by atoms with Crippen molar-refractivity contribution in [3.8, 4) is 11.4 Å². The molecule has 0 atom stereocenters. The minimum absolute atomic E-state index is 0.394. The van der Waals surface area contributed by atoms with Gasteiger partial charge in [0.1, 0.15) is 5.75 Å². The number of nitrogens with zero attached hydrogens (tertiary/aromatic N) is 2. The minimum atomic E-state index is -4.42. The van der Waals surface area contributed by atoms with E-state index in [0.717, 1.165) is 17.1 Å². The van der Waals surface area contributed by atoms with E-state index in [1.54, 1.807) is 19.1 Å². The van der Waals surface area contributed by atoms with Crippen LogP contribution < -0.4 is 10.5 Å². The Hall–Kier alpha value is -2.18. The molecule has 2 aromatic rings. The van der Waals surface area contributed by atoms with Crippen LogP contribution >= 0.6 is 0 Å². The summed E-state index contributed by atoms with van der Waals surface area (Å²) in [5.74, 6) is 0.488. The standard InChI is InChI=1S/C12H12F3N3O/c1-2-19-11-4-9(16)3-10(5-11)18-7-8(6-17-18)12(13,14)15/h3-7H,2,16H2,1H3. The lowest BCUT2D eigenvalue weighted by atomic mass is 10.2. The topological polar surface area (TPSA) is 53.1 Å². The van der Waals surface area contributed by atoms with Gasteiger partial charge in [0.2, 0.25) is 0 Å². The van der Waals surface area contributed by atoms with Crippen molar-refractivity contribution in [1.29, 1.82) is 0 Å². The van der Waals surface area contributed by atoms with Crippen molar-refractivity contribution >= 4 is 5.69 Å². The van der Waals surface area contributed by atoms with Crippen molar-refractivity contribution < 1.29 is 17.9 Å². The van der Waals surface area contributed by atoms with Gasteiger partial charge in [-0.3, -0.25) is 0 Å². The molecule has 2 N–H and O–H groups in total. The average molecular weight is 271 g/mol. The van der Waals surface area contributed by atoms with Gasteiger partial charge in [-0.1, -0.05) is 0 Å². The number of halogens is 3. The second kappa shape index (κ2) is 4.83. The Morgan fingerprint density at radius 2 is 2.05 bits per heavy atom. The second-order valence-electron chi connectivity index (χ2n) is 3.86. The Bertz CT molecular complexity index is 578. The number of aromatic nitrogens is 2. The summed E-state index contributed by atoms with van der Waals surface area (Å²) in [6, 6.07) is 4.70. The zero-order valence-electron chi connectivity index (χ0n) is 10.1. The van der Waals surface area contributed by atoms with Crippen LogP contribution in [0.5, 0.6) is 5.75 Å². The van der Waals surface area contributed by atoms with E-state index in [2.05, 4.69) is 5.10 Å². The van der Waals surface area contributed by atoms with Crippen molar-refractivity contribution in [3.05, 3.63) is 36.2 Å². The van der Waals surface area contributed by atoms with Crippen molar-refractivity contribution in [2.75, 3.05) is 12.3 Å². The van der Waals surface area contributed by atoms with Crippen LogP contribution in [0.2, 0.25) is 0 Å². The molecule has 0 saturated heterocycles. The van der Waals surface area contributed by atoms with Crippen LogP contribution in [-0.2, 0) is 6.18 Å². The molecule has 0 aliphatic heterocycles. The van der Waals surface area contributed by atoms with Crippen LogP contribution in [0.15, 0.2) is 30.6 Å². The fourth-order valence-electron chi connectivity index (χ4n) is 1.60. The first-order valence-electron chi connectivity index (χ1n) is 5.55. The van der Waals surface area contributed by atoms with Gasteiger partial charge in [-0.2, -0.15) is 18.3 Å². The molecule has 0 fully saturated rings. The molecule has 0 saturated carbocycles. The summed E-state index contributed by atoms with van der Waals surface area (Å²) < 4.78 is 43.9. The minimum Gasteiger partial charge on any atom is -0.494 e. The number of nitrogen functional groups attached to an aromatic ring is 1. The van der Waals surface area contributed by atoms with Gasteiger partial charge in [0, 0.05) is 24.0 Å². The Morgan fingerprint density at radius 3 is 2.63 bits per heavy atom. The van der Waals surface area contributed by atoms with Gasteiger partial charge in [-0.25, -0.2) is 4.68 Å². The van der Waals surface area contributed by atoms with E-state index in [1.807, 2.05) is 0 Å². The highest BCUT2D eigenvalue weighted by atomic mass is 19.4. The van der Waals surface area contributed by atoms with Gasteiger partial charge < -0.3 is 10.5 Å². The normalized spacial score (nSPS) is 11.6. The Morgan fingerprint density at radius 1 is 1.32 bits per heavy atom. The van der Waals surface area contributed by atoms with Gasteiger partial charge in [-0.05, 0) is 13.0 Å². The molecular formula is C12H12F3N3O. The number of alkyl halides is 3. The summed E-state index contributed by atoms with van der Waals surface area (Å²) in [6.45, 7) is 2.24. The Kier molecular flexibility index (Phi) is 3.37. The maximum atomic E-state index is 12.5. The number of anilines is 1. The average Bonchev–Trinajstić information content (AvgIpc) is 2.77. The summed E-state index contributed by atoms with van der Waals surface area (Å²) in [7, 11) is 0. The van der Waals surface area contributed by atoms with Crippen molar-refractivity contribution in [3.63, 3.8) is 0 Å². The smallest absolute Gasteiger partial charge is 0.419 e. The first kappa shape index (κ1) is 13.3. The highest BCUT2D eigenvalue weighted by molar-refractivity contribution is 5.53. The summed E-state index contributed by atoms with van der Waals surface area (Å²) in [6.07, 6.45) is -2.74. The van der Waals surface area contributed by atoms with E-state index < -0.39 is 11.7 Å². The van der Waals surface area contributed by atoms with Gasteiger partial charge in [0.15, 0.2) is 0 Å². The largest absolute Gasteiger partial charge is 0.494 e. The SMILES string of the molecule is CCOc1cc(N)cc(-n2cc(C(F)(F)F)cn2)c1. The molecule has 0 aliphatic carbocycles. The molecule has 19 heavy (non-hydrogen) atoms. The van der Waals surface area contributed by atoms with E-state index >= 15 is 0 Å². The number of rotatable bonds is 3. The molecule has 2 rings (SSSR count). The van der Waals surface area contributed by atoms with E-state index in [1.165, 1.54) is 6.07 Å². The first-order valence-corrected chi connectivity index (χ1v) is 5.55. The van der Waals surface area contributed by atoms with E-state index in [0.29, 0.717) is 23.7 Å². The molecule has 0 unspecified atom stereocenters. The highest BCUT2D eigenvalue weighted by Crippen LogP contribution is 2.30. The predicted octanol–water partition coefficient (Wildman–Crippen LogP) is 2.87. The molecule has 4 nitrogen and oxygen atoms in total. The Balaban J connectivity index is 2.38. The quantitative estimate of drug-likeness (QED) is 0.873. The number of hydrogen-bond acceptors (Lipinski definition) is 3. The molecule has 1 aromatic carbocycles. The summed E-state index contributed by atoms with van der Waals surface area (Å²) in [4.78, 5) is 0. The molecule has 1 heterocycles. The molecule has 0 radical (unpaired) electrons. The molecular weight excluding hydrogens is 259 g/mol. The fourth-order valence-corrected chi connectivity index (χ4v) is 1.60. The molecule has 0 aliphatic rings. The molecule has 7 heteroatoms. The second-order valence-corrected chi connectivity index (χ2v) is 3.86. The monoisotopic (exact) mass is 271 g/mol. The third-order valence-corrected chi connectivity index (χ3v) is 2.40. The van der Waals surface area contributed by atoms with E-state index in [4.69, 9.17) is 10.5 Å². The van der Waals surface area contributed by atoms with Gasteiger partial charge >= 0.3 is 6.18 Å². The molecule has 0 amide bonds. The van der Waals surface area contributed by atoms with Gasteiger partial charge in [0.05, 0.1) is 24.1 Å². The summed E-state index contributed by atoms with van der Waals surface area (Å²) >= 11 is 0. The zero-order chi connectivity index (χ0) is 14.0. The maximum absolute atomic E-state index is 12.5. The third-order valence-electron chi connectivity index (χ3n) is 2.40. The lowest BCUT2D eigenvalue weighted by Gasteiger charge is -2.08. The summed E-state index contributed by atoms with van der Waals surface area (Å²) in [5.41, 5.74) is 5.67. The molecule has 102 valence electrons. The van der Waals surface area contributed by atoms with Crippen LogP contribution in [0, 0.1) is 0 Å². The van der Waals surface area contributed by atoms with E-state index in [-0.39, 0.29) is 0 Å². The Labute approximate surface area is 107 Å². The zero-order valence-corrected chi connectivity index (χ0v) is 10.1. The van der Waals surface area contributed by atoms with Crippen LogP contribution in [0.3, 0.4) is 0 Å². The van der Waals surface area contributed by atoms with Crippen LogP contribution in [0.1, 0.15) is 12.5 Å². The van der Waals surface area contributed by atoms with Crippen molar-refractivity contribution in [2.24, 2.45) is 0 Å². The van der Waals surface area contributed by atoms with Crippen LogP contribution in [0.4, 0.5) is 18.9 Å². The first-order chi connectivity index (χ1) is 8.90. The summed E-state index contributed by atoms with van der Waals surface area (Å²) in [5, 5.41) is 3.68. The molecule has 0 spiro atoms. The van der Waals surface area contributed by atoms with Crippen LogP contribution in [-0.4, -0.2) is 16.4 Å². The number of ether oxygens (including phenoxy) is 1. The predicted molar refractivity (Wildman–Crippen MR) is 64.1 cm³/mol. The molecule has 1 aromatic heterocycles. The lowest BCUT2D eigenvalue weighted by molar-refractivity contribution is -0.137. The third kappa shape index (κ3) is 2.98. The van der Waals surface area contributed by atoms with E-state index in [9.17, 15) is 13.2 Å². The molecule has 0 bridgehead atoms. The lowest BCUT2D eigenvalue weighted by Crippen LogP contribution is -2.03. The number of nitrogens with two attached hydrogens (primary N) is 1. The van der Waals surface area contributed by atoms with Gasteiger partial charge in [0.25, 0.3) is 0 Å². The number of hydrogen-bond donors (Lipinski definition) is 1. The van der Waals surface area contributed by atoms with Crippen molar-refractivity contribution in [2.45, 2.75) is 13.1 Å².